The lowest BCUT2D eigenvalue weighted by molar-refractivity contribution is -0.111. The molecule has 0 bridgehead atoms. The number of nitrogens with zero attached hydrogens (tertiary/aromatic N) is 1. The van der Waals surface area contributed by atoms with Crippen LogP contribution in [0, 0.1) is 0 Å². The molecule has 0 atom stereocenters. The zero-order valence-corrected chi connectivity index (χ0v) is 14.3. The minimum absolute atomic E-state index is 0.211. The lowest BCUT2D eigenvalue weighted by atomic mass is 10.0. The minimum atomic E-state index is -0.350. The van der Waals surface area contributed by atoms with Crippen LogP contribution in [0.5, 0.6) is 0 Å². The Balaban J connectivity index is 2.37. The molecule has 2 rings (SSSR count). The summed E-state index contributed by atoms with van der Waals surface area (Å²) in [5.41, 5.74) is 2.47. The number of hydrogen-bond donors (Lipinski definition) is 1. The number of fused-ring (bicyclic) bond motifs is 1. The van der Waals surface area contributed by atoms with Gasteiger partial charge < -0.3 is 15.0 Å². The maximum atomic E-state index is 12.3. The largest absolute Gasteiger partial charge is 0.462 e. The van der Waals surface area contributed by atoms with Crippen molar-refractivity contribution in [3.63, 3.8) is 0 Å². The molecule has 0 radical (unpaired) electrons. The lowest BCUT2D eigenvalue weighted by Gasteiger charge is -2.22. The van der Waals surface area contributed by atoms with Gasteiger partial charge in [-0.15, -0.1) is 11.3 Å². The zero-order valence-electron chi connectivity index (χ0n) is 13.5. The molecule has 120 valence electrons. The topological polar surface area (TPSA) is 58.6 Å². The van der Waals surface area contributed by atoms with Gasteiger partial charge in [-0.05, 0) is 39.8 Å². The molecule has 0 fully saturated rings. The smallest absolute Gasteiger partial charge is 0.341 e. The Labute approximate surface area is 135 Å². The van der Waals surface area contributed by atoms with E-state index in [0.29, 0.717) is 17.2 Å². The van der Waals surface area contributed by atoms with Crippen molar-refractivity contribution in [3.8, 4) is 0 Å². The van der Waals surface area contributed by atoms with Crippen LogP contribution in [-0.4, -0.2) is 37.0 Å². The van der Waals surface area contributed by atoms with Crippen molar-refractivity contribution < 1.29 is 14.3 Å². The number of hydrogen-bond acceptors (Lipinski definition) is 5. The third-order valence-corrected chi connectivity index (χ3v) is 4.52. The summed E-state index contributed by atoms with van der Waals surface area (Å²) in [5.74, 6) is -0.561. The molecule has 0 saturated heterocycles. The summed E-state index contributed by atoms with van der Waals surface area (Å²) in [4.78, 5) is 27.6. The van der Waals surface area contributed by atoms with Gasteiger partial charge in [-0.1, -0.05) is 5.57 Å². The highest BCUT2D eigenvalue weighted by Crippen LogP contribution is 2.37. The summed E-state index contributed by atoms with van der Waals surface area (Å²) < 4.78 is 5.17. The van der Waals surface area contributed by atoms with Gasteiger partial charge >= 0.3 is 5.97 Å². The molecule has 1 amide bonds. The van der Waals surface area contributed by atoms with Crippen molar-refractivity contribution in [2.75, 3.05) is 25.5 Å². The van der Waals surface area contributed by atoms with Crippen LogP contribution in [0.2, 0.25) is 0 Å². The van der Waals surface area contributed by atoms with Crippen molar-refractivity contribution >= 4 is 28.2 Å². The van der Waals surface area contributed by atoms with Gasteiger partial charge in [0.2, 0.25) is 5.91 Å². The average Bonchev–Trinajstić information content (AvgIpc) is 2.74. The summed E-state index contributed by atoms with van der Waals surface area (Å²) in [6.45, 7) is 7.53. The molecule has 5 nitrogen and oxygen atoms in total. The third kappa shape index (κ3) is 3.75. The highest BCUT2D eigenvalue weighted by Gasteiger charge is 2.28. The monoisotopic (exact) mass is 322 g/mol. The van der Waals surface area contributed by atoms with Crippen LogP contribution in [-0.2, 0) is 22.5 Å². The summed E-state index contributed by atoms with van der Waals surface area (Å²) in [7, 11) is 2.05. The maximum Gasteiger partial charge on any atom is 0.341 e. The number of nitrogens with one attached hydrogen (secondary N) is 1. The third-order valence-electron chi connectivity index (χ3n) is 3.38. The first-order valence-corrected chi connectivity index (χ1v) is 8.20. The summed E-state index contributed by atoms with van der Waals surface area (Å²) in [5, 5.41) is 3.44. The van der Waals surface area contributed by atoms with E-state index < -0.39 is 0 Å². The lowest BCUT2D eigenvalue weighted by Crippen LogP contribution is -2.26. The summed E-state index contributed by atoms with van der Waals surface area (Å²) in [6, 6.07) is 0. The van der Waals surface area contributed by atoms with Crippen molar-refractivity contribution in [2.45, 2.75) is 33.7 Å². The summed E-state index contributed by atoms with van der Waals surface area (Å²) >= 11 is 1.47. The maximum absolute atomic E-state index is 12.3. The average molecular weight is 322 g/mol. The van der Waals surface area contributed by atoms with E-state index in [1.54, 1.807) is 6.92 Å². The molecule has 1 N–H and O–H groups in total. The second kappa shape index (κ2) is 7.07. The molecule has 0 spiro atoms. The number of esters is 1. The van der Waals surface area contributed by atoms with Gasteiger partial charge in [-0.2, -0.15) is 0 Å². The zero-order chi connectivity index (χ0) is 16.3. The van der Waals surface area contributed by atoms with Crippen LogP contribution in [0.15, 0.2) is 11.6 Å². The number of carbonyl (C=O) groups excluding carboxylic acids is 2. The molecule has 6 heteroatoms. The van der Waals surface area contributed by atoms with E-state index in [1.165, 1.54) is 17.4 Å². The van der Waals surface area contributed by atoms with Crippen LogP contribution in [0.3, 0.4) is 0 Å². The van der Waals surface area contributed by atoms with Crippen LogP contribution in [0.25, 0.3) is 0 Å². The van der Waals surface area contributed by atoms with E-state index in [4.69, 9.17) is 4.74 Å². The molecule has 0 unspecified atom stereocenters. The van der Waals surface area contributed by atoms with E-state index in [1.807, 2.05) is 20.9 Å². The fraction of sp³-hybridized carbons (Fsp3) is 0.500. The van der Waals surface area contributed by atoms with Crippen LogP contribution < -0.4 is 5.32 Å². The Morgan fingerprint density at radius 3 is 2.77 bits per heavy atom. The van der Waals surface area contributed by atoms with E-state index in [0.717, 1.165) is 35.5 Å². The number of ether oxygens (including phenoxy) is 1. The summed E-state index contributed by atoms with van der Waals surface area (Å²) in [6.07, 6.45) is 2.33. The minimum Gasteiger partial charge on any atom is -0.462 e. The Hall–Kier alpha value is -1.66. The molecule has 0 saturated carbocycles. The second-order valence-corrected chi connectivity index (χ2v) is 6.73. The molecule has 0 aliphatic carbocycles. The Morgan fingerprint density at radius 2 is 2.14 bits per heavy atom. The molecule has 2 heterocycles. The van der Waals surface area contributed by atoms with Crippen LogP contribution in [0.1, 0.15) is 41.6 Å². The number of likely N-dealkylation sites (N-methyl/N-ethyl adjacent to an activating group) is 1. The van der Waals surface area contributed by atoms with Crippen molar-refractivity contribution in [1.29, 1.82) is 0 Å². The fourth-order valence-corrected chi connectivity index (χ4v) is 3.77. The first-order chi connectivity index (χ1) is 10.4. The van der Waals surface area contributed by atoms with Crippen LogP contribution >= 0.6 is 11.3 Å². The SMILES string of the molecule is CCOC(=O)c1c(NC(=O)C=C(C)C)sc2c1CCN(C)C2. The number of rotatable bonds is 4. The van der Waals surface area contributed by atoms with Gasteiger partial charge in [0.15, 0.2) is 0 Å². The number of thiophene rings is 1. The number of carbonyl (C=O) groups is 2. The second-order valence-electron chi connectivity index (χ2n) is 5.63. The Bertz CT molecular complexity index is 615. The predicted octanol–water partition coefficient (Wildman–Crippen LogP) is 2.82. The molecule has 1 aromatic rings. The van der Waals surface area contributed by atoms with E-state index in [2.05, 4.69) is 10.2 Å². The molecular weight excluding hydrogens is 300 g/mol. The number of amides is 1. The van der Waals surface area contributed by atoms with Gasteiger partial charge in [0, 0.05) is 24.0 Å². The van der Waals surface area contributed by atoms with E-state index in [-0.39, 0.29) is 11.9 Å². The number of anilines is 1. The normalized spacial score (nSPS) is 14.2. The van der Waals surface area contributed by atoms with Crippen LogP contribution in [0.4, 0.5) is 5.00 Å². The first-order valence-electron chi connectivity index (χ1n) is 7.38. The first kappa shape index (κ1) is 16.7. The molecule has 1 aliphatic heterocycles. The van der Waals surface area contributed by atoms with Crippen molar-refractivity contribution in [1.82, 2.24) is 4.90 Å². The van der Waals surface area contributed by atoms with Gasteiger partial charge in [0.05, 0.1) is 12.2 Å². The molecule has 1 aliphatic rings. The molecule has 1 aromatic heterocycles. The fourth-order valence-electron chi connectivity index (χ4n) is 2.45. The van der Waals surface area contributed by atoms with Gasteiger partial charge in [-0.3, -0.25) is 4.79 Å². The van der Waals surface area contributed by atoms with E-state index >= 15 is 0 Å². The van der Waals surface area contributed by atoms with Crippen molar-refractivity contribution in [2.24, 2.45) is 0 Å². The Kier molecular flexibility index (Phi) is 5.37. The molecule has 0 aromatic carbocycles. The van der Waals surface area contributed by atoms with Gasteiger partial charge in [-0.25, -0.2) is 4.79 Å². The van der Waals surface area contributed by atoms with Crippen molar-refractivity contribution in [3.05, 3.63) is 27.7 Å². The highest BCUT2D eigenvalue weighted by molar-refractivity contribution is 7.17. The van der Waals surface area contributed by atoms with E-state index in [9.17, 15) is 9.59 Å². The quantitative estimate of drug-likeness (QED) is 0.684. The van der Waals surface area contributed by atoms with Gasteiger partial charge in [0.25, 0.3) is 0 Å². The Morgan fingerprint density at radius 1 is 1.41 bits per heavy atom. The highest BCUT2D eigenvalue weighted by atomic mass is 32.1. The van der Waals surface area contributed by atoms with Gasteiger partial charge in [0.1, 0.15) is 5.00 Å². The standard InChI is InChI=1S/C16H22N2O3S/c1-5-21-16(20)14-11-6-7-18(4)9-12(11)22-15(14)17-13(19)8-10(2)3/h8H,5-7,9H2,1-4H3,(H,17,19). The predicted molar refractivity (Wildman–Crippen MR) is 88.4 cm³/mol. The molecule has 22 heavy (non-hydrogen) atoms. The number of allylic oxidation sites excluding steroid dienone is 1. The molecular formula is C16H22N2O3S.